The molecule has 1 aliphatic heterocycles. The largest absolute Gasteiger partial charge is 0.381 e. The molecule has 1 heterocycles. The van der Waals surface area contributed by atoms with Gasteiger partial charge in [0.25, 0.3) is 0 Å². The summed E-state index contributed by atoms with van der Waals surface area (Å²) < 4.78 is 5.33. The summed E-state index contributed by atoms with van der Waals surface area (Å²) in [7, 11) is 1.89. The molecule has 1 rings (SSSR count). The van der Waals surface area contributed by atoms with Crippen LogP contribution in [0.25, 0.3) is 0 Å². The Labute approximate surface area is 104 Å². The standard InChI is InChI=1S/C13H26N2O2/c1-3-12(10-14)13(16)15(2)7-4-11-5-8-17-9-6-11/h11-12H,3-10,14H2,1-2H3. The van der Waals surface area contributed by atoms with E-state index in [0.717, 1.165) is 51.4 Å². The average Bonchev–Trinajstić information content (AvgIpc) is 2.38. The Hall–Kier alpha value is -0.610. The minimum atomic E-state index is -0.00492. The monoisotopic (exact) mass is 242 g/mol. The molecule has 2 N–H and O–H groups in total. The molecule has 1 amide bonds. The molecule has 17 heavy (non-hydrogen) atoms. The first-order valence-electron chi connectivity index (χ1n) is 6.71. The maximum absolute atomic E-state index is 12.0. The number of hydrogen-bond donors (Lipinski definition) is 1. The highest BCUT2D eigenvalue weighted by molar-refractivity contribution is 5.78. The van der Waals surface area contributed by atoms with Gasteiger partial charge in [-0.05, 0) is 31.6 Å². The number of rotatable bonds is 6. The lowest BCUT2D eigenvalue weighted by Gasteiger charge is -2.26. The molecule has 1 saturated heterocycles. The SMILES string of the molecule is CCC(CN)C(=O)N(C)CCC1CCOCC1. The quantitative estimate of drug-likeness (QED) is 0.762. The average molecular weight is 242 g/mol. The van der Waals surface area contributed by atoms with Gasteiger partial charge in [-0.2, -0.15) is 0 Å². The number of hydrogen-bond acceptors (Lipinski definition) is 3. The molecule has 0 bridgehead atoms. The van der Waals surface area contributed by atoms with Crippen molar-refractivity contribution in [2.75, 3.05) is 33.4 Å². The molecule has 0 aliphatic carbocycles. The van der Waals surface area contributed by atoms with Crippen molar-refractivity contribution in [2.45, 2.75) is 32.6 Å². The molecule has 0 aromatic rings. The molecule has 0 aromatic carbocycles. The Morgan fingerprint density at radius 2 is 2.12 bits per heavy atom. The molecule has 0 saturated carbocycles. The van der Waals surface area contributed by atoms with Gasteiger partial charge in [0.05, 0.1) is 5.92 Å². The number of ether oxygens (including phenoxy) is 1. The minimum Gasteiger partial charge on any atom is -0.381 e. The van der Waals surface area contributed by atoms with Gasteiger partial charge in [0.1, 0.15) is 0 Å². The van der Waals surface area contributed by atoms with Crippen LogP contribution in [0.5, 0.6) is 0 Å². The predicted octanol–water partition coefficient (Wildman–Crippen LogP) is 1.25. The second-order valence-electron chi connectivity index (χ2n) is 4.95. The second kappa shape index (κ2) is 7.67. The number of nitrogens with two attached hydrogens (primary N) is 1. The highest BCUT2D eigenvalue weighted by Crippen LogP contribution is 2.19. The number of carbonyl (C=O) groups is 1. The molecule has 4 heteroatoms. The lowest BCUT2D eigenvalue weighted by molar-refractivity contribution is -0.134. The van der Waals surface area contributed by atoms with Gasteiger partial charge in [-0.25, -0.2) is 0 Å². The predicted molar refractivity (Wildman–Crippen MR) is 68.6 cm³/mol. The van der Waals surface area contributed by atoms with Crippen LogP contribution < -0.4 is 5.73 Å². The third kappa shape index (κ3) is 4.64. The second-order valence-corrected chi connectivity index (χ2v) is 4.95. The Morgan fingerprint density at radius 1 is 1.47 bits per heavy atom. The molecule has 0 radical (unpaired) electrons. The van der Waals surface area contributed by atoms with E-state index in [1.54, 1.807) is 0 Å². The molecular weight excluding hydrogens is 216 g/mol. The van der Waals surface area contributed by atoms with E-state index < -0.39 is 0 Å². The fourth-order valence-corrected chi connectivity index (χ4v) is 2.28. The van der Waals surface area contributed by atoms with Crippen molar-refractivity contribution in [3.05, 3.63) is 0 Å². The van der Waals surface area contributed by atoms with Crippen LogP contribution in [-0.4, -0.2) is 44.2 Å². The summed E-state index contributed by atoms with van der Waals surface area (Å²) in [6, 6.07) is 0. The first-order valence-corrected chi connectivity index (χ1v) is 6.71. The van der Waals surface area contributed by atoms with E-state index in [9.17, 15) is 4.79 Å². The fourth-order valence-electron chi connectivity index (χ4n) is 2.28. The molecule has 1 unspecified atom stereocenters. The van der Waals surface area contributed by atoms with Gasteiger partial charge in [0.2, 0.25) is 5.91 Å². The van der Waals surface area contributed by atoms with Crippen LogP contribution in [0.4, 0.5) is 0 Å². The Kier molecular flexibility index (Phi) is 6.52. The molecule has 0 aromatic heterocycles. The molecule has 1 aliphatic rings. The minimum absolute atomic E-state index is 0.00492. The van der Waals surface area contributed by atoms with Crippen molar-refractivity contribution < 1.29 is 9.53 Å². The van der Waals surface area contributed by atoms with Crippen LogP contribution >= 0.6 is 0 Å². The summed E-state index contributed by atoms with van der Waals surface area (Å²) in [6.07, 6.45) is 4.19. The Morgan fingerprint density at radius 3 is 2.65 bits per heavy atom. The van der Waals surface area contributed by atoms with E-state index in [1.807, 2.05) is 18.9 Å². The van der Waals surface area contributed by atoms with Crippen molar-refractivity contribution in [1.82, 2.24) is 4.90 Å². The van der Waals surface area contributed by atoms with Gasteiger partial charge in [-0.1, -0.05) is 6.92 Å². The Bertz CT molecular complexity index is 223. The van der Waals surface area contributed by atoms with Gasteiger partial charge >= 0.3 is 0 Å². The van der Waals surface area contributed by atoms with Crippen LogP contribution in [0.3, 0.4) is 0 Å². The first kappa shape index (κ1) is 14.5. The van der Waals surface area contributed by atoms with E-state index >= 15 is 0 Å². The first-order chi connectivity index (χ1) is 8.19. The summed E-state index contributed by atoms with van der Waals surface area (Å²) >= 11 is 0. The zero-order valence-electron chi connectivity index (χ0n) is 11.2. The van der Waals surface area contributed by atoms with Crippen molar-refractivity contribution >= 4 is 5.91 Å². The van der Waals surface area contributed by atoms with Crippen LogP contribution in [-0.2, 0) is 9.53 Å². The number of nitrogens with zero attached hydrogens (tertiary/aromatic N) is 1. The van der Waals surface area contributed by atoms with E-state index in [0.29, 0.717) is 6.54 Å². The van der Waals surface area contributed by atoms with Crippen LogP contribution in [0.1, 0.15) is 32.6 Å². The van der Waals surface area contributed by atoms with E-state index in [2.05, 4.69) is 0 Å². The highest BCUT2D eigenvalue weighted by Gasteiger charge is 2.20. The van der Waals surface area contributed by atoms with Gasteiger partial charge in [0.15, 0.2) is 0 Å². The van der Waals surface area contributed by atoms with Gasteiger partial charge in [-0.15, -0.1) is 0 Å². The van der Waals surface area contributed by atoms with Crippen molar-refractivity contribution in [3.8, 4) is 0 Å². The third-order valence-corrected chi connectivity index (χ3v) is 3.72. The van der Waals surface area contributed by atoms with Gasteiger partial charge in [0, 0.05) is 33.4 Å². The molecular formula is C13H26N2O2. The topological polar surface area (TPSA) is 55.6 Å². The smallest absolute Gasteiger partial charge is 0.226 e. The van der Waals surface area contributed by atoms with E-state index in [-0.39, 0.29) is 11.8 Å². The van der Waals surface area contributed by atoms with Crippen molar-refractivity contribution in [3.63, 3.8) is 0 Å². The van der Waals surface area contributed by atoms with Crippen LogP contribution in [0, 0.1) is 11.8 Å². The van der Waals surface area contributed by atoms with Crippen LogP contribution in [0.15, 0.2) is 0 Å². The zero-order chi connectivity index (χ0) is 12.7. The highest BCUT2D eigenvalue weighted by atomic mass is 16.5. The molecule has 1 fully saturated rings. The maximum atomic E-state index is 12.0. The van der Waals surface area contributed by atoms with E-state index in [1.165, 1.54) is 0 Å². The Balaban J connectivity index is 2.27. The maximum Gasteiger partial charge on any atom is 0.226 e. The molecule has 1 atom stereocenters. The summed E-state index contributed by atoms with van der Waals surface area (Å²) in [6.45, 7) is 5.07. The van der Waals surface area contributed by atoms with Crippen molar-refractivity contribution in [2.24, 2.45) is 17.6 Å². The lowest BCUT2D eigenvalue weighted by atomic mass is 9.96. The summed E-state index contributed by atoms with van der Waals surface area (Å²) in [5, 5.41) is 0. The zero-order valence-corrected chi connectivity index (χ0v) is 11.2. The lowest BCUT2D eigenvalue weighted by Crippen LogP contribution is -2.37. The molecule has 0 spiro atoms. The van der Waals surface area contributed by atoms with Crippen LogP contribution in [0.2, 0.25) is 0 Å². The third-order valence-electron chi connectivity index (χ3n) is 3.72. The van der Waals surface area contributed by atoms with Crippen molar-refractivity contribution in [1.29, 1.82) is 0 Å². The number of carbonyl (C=O) groups excluding carboxylic acids is 1. The molecule has 100 valence electrons. The van der Waals surface area contributed by atoms with Gasteiger partial charge < -0.3 is 15.4 Å². The number of amides is 1. The van der Waals surface area contributed by atoms with Gasteiger partial charge in [-0.3, -0.25) is 4.79 Å². The van der Waals surface area contributed by atoms with E-state index in [4.69, 9.17) is 10.5 Å². The summed E-state index contributed by atoms with van der Waals surface area (Å²) in [4.78, 5) is 13.8. The fraction of sp³-hybridized carbons (Fsp3) is 0.923. The summed E-state index contributed by atoms with van der Waals surface area (Å²) in [5.41, 5.74) is 5.60. The molecule has 4 nitrogen and oxygen atoms in total. The normalized spacial score (nSPS) is 19.0. The summed E-state index contributed by atoms with van der Waals surface area (Å²) in [5.74, 6) is 0.911.